The van der Waals surface area contributed by atoms with Gasteiger partial charge in [0, 0.05) is 16.5 Å². The number of nitrogens with zero attached hydrogens (tertiary/aromatic N) is 1. The SMILES string of the molecule is C=S(=C)(N/N=C(\C)C1CCC2C1CCC1C2(C)CCC2C(C)(C)C(CC)CCC21C)c1ccc(C(C)C)cc1C(C)C. The molecule has 1 N–H and O–H groups in total. The van der Waals surface area contributed by atoms with Crippen LogP contribution in [-0.4, -0.2) is 17.5 Å². The average Bonchev–Trinajstić information content (AvgIpc) is 3.36. The largest absolute Gasteiger partial charge is 0.261 e. The molecule has 4 fully saturated rings. The first-order valence-corrected chi connectivity index (χ1v) is 19.5. The van der Waals surface area contributed by atoms with Gasteiger partial charge >= 0.3 is 0 Å². The van der Waals surface area contributed by atoms with Crippen molar-refractivity contribution in [3.8, 4) is 0 Å². The molecule has 0 radical (unpaired) electrons. The van der Waals surface area contributed by atoms with Crippen LogP contribution in [0.2, 0.25) is 0 Å². The van der Waals surface area contributed by atoms with Crippen LogP contribution in [0.25, 0.3) is 0 Å². The van der Waals surface area contributed by atoms with Gasteiger partial charge in [0.05, 0.1) is 0 Å². The molecule has 2 nitrogen and oxygen atoms in total. The molecule has 1 aromatic carbocycles. The molecule has 0 aromatic heterocycles. The minimum absolute atomic E-state index is 0.437. The van der Waals surface area contributed by atoms with Gasteiger partial charge in [-0.3, -0.25) is 4.83 Å². The number of nitrogens with one attached hydrogen (secondary N) is 1. The first-order valence-electron chi connectivity index (χ1n) is 17.5. The Morgan fingerprint density at radius 2 is 1.60 bits per heavy atom. The van der Waals surface area contributed by atoms with Gasteiger partial charge in [0.25, 0.3) is 0 Å². The van der Waals surface area contributed by atoms with Crippen molar-refractivity contribution < 1.29 is 0 Å². The Bertz CT molecular complexity index is 1290. The number of hydrogen-bond acceptors (Lipinski definition) is 2. The van der Waals surface area contributed by atoms with Gasteiger partial charge in [0.15, 0.2) is 0 Å². The number of hydrazone groups is 1. The summed E-state index contributed by atoms with van der Waals surface area (Å²) in [6.45, 7) is 24.6. The summed E-state index contributed by atoms with van der Waals surface area (Å²) in [5.74, 6) is 15.1. The van der Waals surface area contributed by atoms with E-state index >= 15 is 0 Å². The molecule has 3 heteroatoms. The molecule has 4 aliphatic carbocycles. The molecule has 4 saturated carbocycles. The van der Waals surface area contributed by atoms with Crippen LogP contribution in [0.1, 0.15) is 150 Å². The second kappa shape index (κ2) is 11.3. The Morgan fingerprint density at radius 1 is 0.905 bits per heavy atom. The van der Waals surface area contributed by atoms with E-state index in [0.717, 1.165) is 29.6 Å². The van der Waals surface area contributed by atoms with Crippen molar-refractivity contribution in [3.63, 3.8) is 0 Å². The van der Waals surface area contributed by atoms with Gasteiger partial charge in [0.1, 0.15) is 0 Å². The van der Waals surface area contributed by atoms with Gasteiger partial charge in [-0.1, -0.05) is 102 Å². The molecule has 5 rings (SSSR count). The van der Waals surface area contributed by atoms with Gasteiger partial charge in [-0.2, -0.15) is 5.10 Å². The van der Waals surface area contributed by atoms with Crippen LogP contribution in [0.4, 0.5) is 0 Å². The fraction of sp³-hybridized carbons (Fsp3) is 0.769. The van der Waals surface area contributed by atoms with E-state index < -0.39 is 9.39 Å². The third-order valence-electron chi connectivity index (χ3n) is 14.0. The summed E-state index contributed by atoms with van der Waals surface area (Å²) in [6.07, 6.45) is 12.6. The third-order valence-corrected chi connectivity index (χ3v) is 15.6. The van der Waals surface area contributed by atoms with Crippen molar-refractivity contribution >= 4 is 26.8 Å². The summed E-state index contributed by atoms with van der Waals surface area (Å²) < 4.78 is 0. The zero-order chi connectivity index (χ0) is 30.8. The van der Waals surface area contributed by atoms with Gasteiger partial charge in [0.2, 0.25) is 0 Å². The summed E-state index contributed by atoms with van der Waals surface area (Å²) in [4.78, 5) is 4.82. The fourth-order valence-corrected chi connectivity index (χ4v) is 13.2. The van der Waals surface area contributed by atoms with Crippen LogP contribution in [0.5, 0.6) is 0 Å². The Kier molecular flexibility index (Phi) is 8.65. The second-order valence-electron chi connectivity index (χ2n) is 17.0. The first-order chi connectivity index (χ1) is 19.6. The van der Waals surface area contributed by atoms with Crippen molar-refractivity contribution in [1.29, 1.82) is 0 Å². The zero-order valence-corrected chi connectivity index (χ0v) is 29.8. The molecule has 0 amide bonds. The van der Waals surface area contributed by atoms with E-state index in [1.165, 1.54) is 79.5 Å². The molecule has 42 heavy (non-hydrogen) atoms. The second-order valence-corrected chi connectivity index (χ2v) is 19.4. The molecular formula is C39H64N2S. The van der Waals surface area contributed by atoms with E-state index in [4.69, 9.17) is 5.10 Å². The topological polar surface area (TPSA) is 24.4 Å². The monoisotopic (exact) mass is 592 g/mol. The van der Waals surface area contributed by atoms with E-state index in [1.54, 1.807) is 0 Å². The summed E-state index contributed by atoms with van der Waals surface area (Å²) in [5.41, 5.74) is 5.54. The highest BCUT2D eigenvalue weighted by Crippen LogP contribution is 2.72. The van der Waals surface area contributed by atoms with E-state index in [1.807, 2.05) is 0 Å². The van der Waals surface area contributed by atoms with Crippen LogP contribution in [-0.2, 0) is 0 Å². The molecule has 0 heterocycles. The lowest BCUT2D eigenvalue weighted by Crippen LogP contribution is -2.60. The molecule has 0 spiro atoms. The quantitative estimate of drug-likeness (QED) is 0.190. The first kappa shape index (κ1) is 32.2. The molecule has 4 aliphatic rings. The smallest absolute Gasteiger partial charge is 0.0391 e. The maximum absolute atomic E-state index is 5.12. The highest BCUT2D eigenvalue weighted by Gasteiger charge is 2.64. The zero-order valence-electron chi connectivity index (χ0n) is 29.0. The molecule has 236 valence electrons. The summed E-state index contributed by atoms with van der Waals surface area (Å²) >= 11 is 0. The van der Waals surface area contributed by atoms with E-state index in [0.29, 0.717) is 34.0 Å². The maximum atomic E-state index is 5.12. The van der Waals surface area contributed by atoms with Crippen LogP contribution >= 0.6 is 9.39 Å². The van der Waals surface area contributed by atoms with Crippen LogP contribution in [0, 0.1) is 51.8 Å². The minimum Gasteiger partial charge on any atom is -0.261 e. The normalized spacial score (nSPS) is 38.2. The van der Waals surface area contributed by atoms with Crippen LogP contribution < -0.4 is 4.83 Å². The fourth-order valence-electron chi connectivity index (χ4n) is 11.7. The maximum Gasteiger partial charge on any atom is 0.0391 e. The summed E-state index contributed by atoms with van der Waals surface area (Å²) in [6, 6.07) is 6.93. The van der Waals surface area contributed by atoms with E-state index in [-0.39, 0.29) is 0 Å². The van der Waals surface area contributed by atoms with Crippen molar-refractivity contribution in [3.05, 3.63) is 29.3 Å². The molecule has 8 unspecified atom stereocenters. The van der Waals surface area contributed by atoms with Crippen LogP contribution in [0.15, 0.2) is 28.2 Å². The lowest BCUT2D eigenvalue weighted by Gasteiger charge is -2.67. The molecular weight excluding hydrogens is 529 g/mol. The Hall–Kier alpha value is -1.22. The van der Waals surface area contributed by atoms with Gasteiger partial charge in [-0.25, -0.2) is 0 Å². The van der Waals surface area contributed by atoms with Gasteiger partial charge in [-0.05, 0) is 133 Å². The predicted octanol–water partition coefficient (Wildman–Crippen LogP) is 11.2. The van der Waals surface area contributed by atoms with Crippen LogP contribution in [0.3, 0.4) is 0 Å². The number of benzene rings is 1. The molecule has 0 aliphatic heterocycles. The minimum atomic E-state index is -1.74. The molecule has 1 aromatic rings. The van der Waals surface area contributed by atoms with Crippen molar-refractivity contribution in [2.45, 2.75) is 144 Å². The van der Waals surface area contributed by atoms with E-state index in [9.17, 15) is 0 Å². The summed E-state index contributed by atoms with van der Waals surface area (Å²) in [5, 5.41) is 5.12. The molecule has 0 bridgehead atoms. The Balaban J connectivity index is 1.34. The van der Waals surface area contributed by atoms with E-state index in [2.05, 4.69) is 104 Å². The van der Waals surface area contributed by atoms with Crippen molar-refractivity contribution in [2.75, 3.05) is 0 Å². The molecule has 0 saturated heterocycles. The molecule has 8 atom stereocenters. The average molecular weight is 593 g/mol. The third kappa shape index (κ3) is 5.14. The lowest BCUT2D eigenvalue weighted by molar-refractivity contribution is -0.185. The van der Waals surface area contributed by atoms with Gasteiger partial charge in [-0.15, -0.1) is 0 Å². The van der Waals surface area contributed by atoms with Gasteiger partial charge < -0.3 is 0 Å². The Labute approximate surface area is 260 Å². The van der Waals surface area contributed by atoms with Crippen molar-refractivity contribution in [2.24, 2.45) is 56.9 Å². The highest BCUT2D eigenvalue weighted by molar-refractivity contribution is 8.26. The number of rotatable bonds is 7. The van der Waals surface area contributed by atoms with Crippen molar-refractivity contribution in [1.82, 2.24) is 4.83 Å². The number of hydrogen-bond donors (Lipinski definition) is 1. The lowest BCUT2D eigenvalue weighted by atomic mass is 9.37. The number of fused-ring (bicyclic) bond motifs is 5. The standard InChI is InChI=1S/C39H64N2S/c1-13-29-20-22-39(10)35(37(29,7)8)21-23-38(9)33-17-15-30(31(33)16-19-36(38)39)27(6)40-41-42(11,12)34-18-14-28(25(2)3)24-32(34)26(4)5/h14,18,24-26,29-31,33,35-36,41H,11-13,15-17,19-23H2,1-10H3/b40-27+. The predicted molar refractivity (Wildman–Crippen MR) is 189 cm³/mol. The highest BCUT2D eigenvalue weighted by atomic mass is 32.2. The Morgan fingerprint density at radius 3 is 2.24 bits per heavy atom. The summed E-state index contributed by atoms with van der Waals surface area (Å²) in [7, 11) is -1.74.